The molecule has 1 aromatic carbocycles. The van der Waals surface area contributed by atoms with Crippen molar-refractivity contribution >= 4 is 12.0 Å². The van der Waals surface area contributed by atoms with Crippen LogP contribution in [0, 0.1) is 5.92 Å². The molecule has 144 valence electrons. The molecule has 0 N–H and O–H groups in total. The van der Waals surface area contributed by atoms with Crippen LogP contribution in [0.4, 0.5) is 4.79 Å². The predicted molar refractivity (Wildman–Crippen MR) is 100 cm³/mol. The zero-order chi connectivity index (χ0) is 19.1. The number of rotatable bonds is 6. The van der Waals surface area contributed by atoms with Crippen molar-refractivity contribution in [2.45, 2.75) is 40.2 Å². The molecule has 2 amide bonds. The molecule has 0 saturated carbocycles. The van der Waals surface area contributed by atoms with E-state index in [2.05, 4.69) is 0 Å². The van der Waals surface area contributed by atoms with Crippen LogP contribution in [0.25, 0.3) is 0 Å². The first-order valence-electron chi connectivity index (χ1n) is 9.30. The van der Waals surface area contributed by atoms with E-state index in [1.807, 2.05) is 56.9 Å². The summed E-state index contributed by atoms with van der Waals surface area (Å²) in [5, 5.41) is 0. The zero-order valence-electron chi connectivity index (χ0n) is 16.2. The second-order valence-electron chi connectivity index (χ2n) is 7.33. The molecule has 2 rings (SSSR count). The van der Waals surface area contributed by atoms with Crippen molar-refractivity contribution in [2.75, 3.05) is 32.8 Å². The van der Waals surface area contributed by atoms with Gasteiger partial charge >= 0.3 is 6.09 Å². The number of ether oxygens (including phenoxy) is 2. The Morgan fingerprint density at radius 1 is 1.04 bits per heavy atom. The van der Waals surface area contributed by atoms with Gasteiger partial charge in [-0.15, -0.1) is 0 Å². The Hall–Kier alpha value is -2.24. The highest BCUT2D eigenvalue weighted by Gasteiger charge is 2.25. The number of amides is 2. The van der Waals surface area contributed by atoms with Crippen LogP contribution in [0.3, 0.4) is 0 Å². The molecule has 0 bridgehead atoms. The molecule has 1 heterocycles. The molecule has 1 aliphatic heterocycles. The Bertz CT molecular complexity index is 608. The first-order valence-corrected chi connectivity index (χ1v) is 9.30. The van der Waals surface area contributed by atoms with Gasteiger partial charge in [0.2, 0.25) is 5.91 Å². The largest absolute Gasteiger partial charge is 0.491 e. The average molecular weight is 362 g/mol. The third kappa shape index (κ3) is 6.24. The number of piperazine rings is 1. The van der Waals surface area contributed by atoms with Gasteiger partial charge in [0.15, 0.2) is 0 Å². The fraction of sp³-hybridized carbons (Fsp3) is 0.600. The van der Waals surface area contributed by atoms with Crippen LogP contribution in [0.2, 0.25) is 0 Å². The van der Waals surface area contributed by atoms with Crippen molar-refractivity contribution in [3.05, 3.63) is 29.8 Å². The van der Waals surface area contributed by atoms with Crippen molar-refractivity contribution in [3.63, 3.8) is 0 Å². The van der Waals surface area contributed by atoms with Crippen molar-refractivity contribution in [1.82, 2.24) is 9.80 Å². The first kappa shape index (κ1) is 20.1. The maximum Gasteiger partial charge on any atom is 0.409 e. The lowest BCUT2D eigenvalue weighted by Gasteiger charge is -2.34. The zero-order valence-corrected chi connectivity index (χ0v) is 16.2. The van der Waals surface area contributed by atoms with Gasteiger partial charge in [0.1, 0.15) is 5.75 Å². The van der Waals surface area contributed by atoms with E-state index >= 15 is 0 Å². The molecule has 1 fully saturated rings. The smallest absolute Gasteiger partial charge is 0.409 e. The Morgan fingerprint density at radius 2 is 1.69 bits per heavy atom. The second kappa shape index (κ2) is 9.46. The number of nitrogens with zero attached hydrogens (tertiary/aromatic N) is 2. The van der Waals surface area contributed by atoms with E-state index in [-0.39, 0.29) is 18.1 Å². The minimum absolute atomic E-state index is 0.0712. The SMILES string of the molecule is CC(C)COC(=O)N1CCN(C(=O)Cc2cccc(OC(C)C)c2)CC1. The number of carbonyl (C=O) groups excluding carboxylic acids is 2. The van der Waals surface area contributed by atoms with Crippen molar-refractivity contribution in [1.29, 1.82) is 0 Å². The lowest BCUT2D eigenvalue weighted by molar-refractivity contribution is -0.132. The highest BCUT2D eigenvalue weighted by molar-refractivity contribution is 5.79. The van der Waals surface area contributed by atoms with Crippen molar-refractivity contribution in [2.24, 2.45) is 5.92 Å². The summed E-state index contributed by atoms with van der Waals surface area (Å²) in [4.78, 5) is 28.0. The van der Waals surface area contributed by atoms with E-state index in [0.29, 0.717) is 45.1 Å². The molecule has 0 aliphatic carbocycles. The fourth-order valence-corrected chi connectivity index (χ4v) is 2.76. The number of hydrogen-bond acceptors (Lipinski definition) is 4. The molecule has 26 heavy (non-hydrogen) atoms. The molecule has 1 aromatic rings. The standard InChI is InChI=1S/C20H30N2O4/c1-15(2)14-25-20(24)22-10-8-21(9-11-22)19(23)13-17-6-5-7-18(12-17)26-16(3)4/h5-7,12,15-16H,8-11,13-14H2,1-4H3. The van der Waals surface area contributed by atoms with Gasteiger partial charge in [-0.25, -0.2) is 4.79 Å². The highest BCUT2D eigenvalue weighted by Crippen LogP contribution is 2.16. The normalized spacial score (nSPS) is 14.7. The summed E-state index contributed by atoms with van der Waals surface area (Å²) in [6.45, 7) is 10.5. The van der Waals surface area contributed by atoms with Gasteiger partial charge < -0.3 is 19.3 Å². The minimum atomic E-state index is -0.288. The van der Waals surface area contributed by atoms with Crippen LogP contribution in [0.5, 0.6) is 5.75 Å². The summed E-state index contributed by atoms with van der Waals surface area (Å²) in [5.41, 5.74) is 0.937. The van der Waals surface area contributed by atoms with Crippen LogP contribution in [-0.2, 0) is 16.0 Å². The monoisotopic (exact) mass is 362 g/mol. The Morgan fingerprint density at radius 3 is 2.31 bits per heavy atom. The average Bonchev–Trinajstić information content (AvgIpc) is 2.59. The van der Waals surface area contributed by atoms with E-state index < -0.39 is 0 Å². The Balaban J connectivity index is 1.82. The minimum Gasteiger partial charge on any atom is -0.491 e. The molecular weight excluding hydrogens is 332 g/mol. The molecule has 1 aliphatic rings. The highest BCUT2D eigenvalue weighted by atomic mass is 16.6. The fourth-order valence-electron chi connectivity index (χ4n) is 2.76. The van der Waals surface area contributed by atoms with E-state index in [1.54, 1.807) is 4.90 Å². The van der Waals surface area contributed by atoms with Crippen molar-refractivity contribution < 1.29 is 19.1 Å². The Kier molecular flexibility index (Phi) is 7.30. The molecule has 6 heteroatoms. The number of benzene rings is 1. The van der Waals surface area contributed by atoms with E-state index in [9.17, 15) is 9.59 Å². The topological polar surface area (TPSA) is 59.1 Å². The lowest BCUT2D eigenvalue weighted by atomic mass is 10.1. The van der Waals surface area contributed by atoms with Gasteiger partial charge in [-0.05, 0) is 37.5 Å². The van der Waals surface area contributed by atoms with Crippen LogP contribution in [0.15, 0.2) is 24.3 Å². The van der Waals surface area contributed by atoms with Crippen molar-refractivity contribution in [3.8, 4) is 5.75 Å². The van der Waals surface area contributed by atoms with Crippen LogP contribution in [0.1, 0.15) is 33.3 Å². The predicted octanol–water partition coefficient (Wildman–Crippen LogP) is 2.95. The van der Waals surface area contributed by atoms with E-state index in [1.165, 1.54) is 0 Å². The number of carbonyl (C=O) groups is 2. The molecule has 0 radical (unpaired) electrons. The summed E-state index contributed by atoms with van der Waals surface area (Å²) in [6, 6.07) is 7.65. The van der Waals surface area contributed by atoms with Crippen LogP contribution in [-0.4, -0.2) is 60.7 Å². The van der Waals surface area contributed by atoms with Gasteiger partial charge in [0.25, 0.3) is 0 Å². The van der Waals surface area contributed by atoms with Gasteiger partial charge in [0, 0.05) is 26.2 Å². The van der Waals surface area contributed by atoms with Gasteiger partial charge in [-0.1, -0.05) is 26.0 Å². The van der Waals surface area contributed by atoms with E-state index in [0.717, 1.165) is 11.3 Å². The lowest BCUT2D eigenvalue weighted by Crippen LogP contribution is -2.51. The third-order valence-corrected chi connectivity index (χ3v) is 4.06. The summed E-state index contributed by atoms with van der Waals surface area (Å²) >= 11 is 0. The summed E-state index contributed by atoms with van der Waals surface area (Å²) < 4.78 is 10.9. The summed E-state index contributed by atoms with van der Waals surface area (Å²) in [5.74, 6) is 1.17. The quantitative estimate of drug-likeness (QED) is 0.781. The molecule has 0 spiro atoms. The molecule has 1 saturated heterocycles. The molecule has 0 atom stereocenters. The molecule has 0 aromatic heterocycles. The van der Waals surface area contributed by atoms with Gasteiger partial charge in [-0.2, -0.15) is 0 Å². The number of hydrogen-bond donors (Lipinski definition) is 0. The second-order valence-corrected chi connectivity index (χ2v) is 7.33. The third-order valence-electron chi connectivity index (χ3n) is 4.06. The Labute approximate surface area is 156 Å². The van der Waals surface area contributed by atoms with E-state index in [4.69, 9.17) is 9.47 Å². The summed E-state index contributed by atoms with van der Waals surface area (Å²) in [6.07, 6.45) is 0.154. The van der Waals surface area contributed by atoms with Crippen LogP contribution < -0.4 is 4.74 Å². The maximum absolute atomic E-state index is 12.5. The first-order chi connectivity index (χ1) is 12.3. The van der Waals surface area contributed by atoms with Crippen LogP contribution >= 0.6 is 0 Å². The maximum atomic E-state index is 12.5. The molecular formula is C20H30N2O4. The van der Waals surface area contributed by atoms with Gasteiger partial charge in [-0.3, -0.25) is 4.79 Å². The molecule has 6 nitrogen and oxygen atoms in total. The summed E-state index contributed by atoms with van der Waals surface area (Å²) in [7, 11) is 0. The molecule has 0 unspecified atom stereocenters. The van der Waals surface area contributed by atoms with Gasteiger partial charge in [0.05, 0.1) is 19.1 Å².